The van der Waals surface area contributed by atoms with Crippen LogP contribution < -0.4 is 26.6 Å². The van der Waals surface area contributed by atoms with E-state index in [1.165, 1.54) is 43.6 Å². The Bertz CT molecular complexity index is 2070. The summed E-state index contributed by atoms with van der Waals surface area (Å²) in [7, 11) is -3.16. The molecular formula is C32H31F5N8O5S. The van der Waals surface area contributed by atoms with Crippen molar-refractivity contribution in [3.8, 4) is 11.1 Å². The monoisotopic (exact) mass is 734 g/mol. The Morgan fingerprint density at radius 1 is 0.941 bits per heavy atom. The summed E-state index contributed by atoms with van der Waals surface area (Å²) in [4.78, 5) is 44.6. The number of anilines is 5. The first-order chi connectivity index (χ1) is 24.0. The molecule has 0 saturated heterocycles. The summed E-state index contributed by atoms with van der Waals surface area (Å²) in [6.45, 7) is 3.40. The van der Waals surface area contributed by atoms with Gasteiger partial charge in [-0.3, -0.25) is 4.79 Å². The lowest BCUT2D eigenvalue weighted by Gasteiger charge is -2.15. The highest BCUT2D eigenvalue weighted by Gasteiger charge is 2.31. The molecule has 0 fully saturated rings. The fraction of sp³-hybridized carbons (Fsp3) is 0.219. The third-order valence-electron chi connectivity index (χ3n) is 6.69. The highest BCUT2D eigenvalue weighted by Crippen LogP contribution is 2.33. The van der Waals surface area contributed by atoms with Gasteiger partial charge in [-0.15, -0.1) is 4.36 Å². The first-order valence-electron chi connectivity index (χ1n) is 14.9. The van der Waals surface area contributed by atoms with Gasteiger partial charge in [-0.05, 0) is 61.0 Å². The second-order valence-corrected chi connectivity index (χ2v) is 12.8. The number of hydrogen-bond donors (Lipinski definition) is 5. The molecule has 0 spiro atoms. The van der Waals surface area contributed by atoms with Crippen LogP contribution in [0, 0.1) is 11.6 Å². The van der Waals surface area contributed by atoms with Crippen molar-refractivity contribution in [3.63, 3.8) is 0 Å². The lowest BCUT2D eigenvalue weighted by atomic mass is 10.1. The van der Waals surface area contributed by atoms with Gasteiger partial charge < -0.3 is 31.3 Å². The number of carbonyl (C=O) groups excluding carboxylic acids is 3. The fourth-order valence-corrected chi connectivity index (χ4v) is 5.47. The van der Waals surface area contributed by atoms with Gasteiger partial charge in [0.25, 0.3) is 0 Å². The summed E-state index contributed by atoms with van der Waals surface area (Å²) in [5, 5.41) is 12.7. The van der Waals surface area contributed by atoms with Crippen LogP contribution in [-0.4, -0.2) is 58.2 Å². The van der Waals surface area contributed by atoms with Gasteiger partial charge in [0, 0.05) is 48.6 Å². The minimum absolute atomic E-state index is 0.0557. The van der Waals surface area contributed by atoms with Crippen molar-refractivity contribution in [2.75, 3.05) is 47.2 Å². The molecule has 13 nitrogen and oxygen atoms in total. The van der Waals surface area contributed by atoms with Gasteiger partial charge in [-0.2, -0.15) is 18.2 Å². The quantitative estimate of drug-likeness (QED) is 0.0803. The van der Waals surface area contributed by atoms with Crippen molar-refractivity contribution in [2.24, 2.45) is 4.36 Å². The molecule has 1 heterocycles. The molecule has 0 aliphatic heterocycles. The largest absolute Gasteiger partial charge is 0.448 e. The Morgan fingerprint density at radius 3 is 2.37 bits per heavy atom. The molecule has 4 aromatic rings. The van der Waals surface area contributed by atoms with Crippen LogP contribution in [0.5, 0.6) is 0 Å². The van der Waals surface area contributed by atoms with Crippen LogP contribution in [0.1, 0.15) is 19.4 Å². The second kappa shape index (κ2) is 16.2. The first-order valence-corrected chi connectivity index (χ1v) is 16.8. The minimum Gasteiger partial charge on any atom is -0.448 e. The summed E-state index contributed by atoms with van der Waals surface area (Å²) in [6, 6.07) is 10.1. The van der Waals surface area contributed by atoms with Gasteiger partial charge in [0.1, 0.15) is 17.5 Å². The van der Waals surface area contributed by atoms with E-state index >= 15 is 4.39 Å². The van der Waals surface area contributed by atoms with E-state index in [2.05, 4.69) is 35.6 Å². The Hall–Kier alpha value is -5.85. The molecule has 0 saturated carbocycles. The second-order valence-electron chi connectivity index (χ2n) is 10.6. The number of nitrogens with one attached hydrogen (secondary N) is 5. The van der Waals surface area contributed by atoms with Crippen molar-refractivity contribution in [1.82, 2.24) is 15.3 Å². The fourth-order valence-electron chi connectivity index (χ4n) is 4.35. The van der Waals surface area contributed by atoms with Crippen molar-refractivity contribution in [3.05, 3.63) is 84.1 Å². The number of benzene rings is 3. The zero-order chi connectivity index (χ0) is 37.3. The van der Waals surface area contributed by atoms with Gasteiger partial charge >= 0.3 is 18.3 Å². The van der Waals surface area contributed by atoms with Gasteiger partial charge in [-0.25, -0.2) is 27.6 Å². The van der Waals surface area contributed by atoms with E-state index in [0.717, 1.165) is 6.07 Å². The lowest BCUT2D eigenvalue weighted by molar-refractivity contribution is -0.137. The molecule has 19 heteroatoms. The van der Waals surface area contributed by atoms with E-state index in [0.29, 0.717) is 29.4 Å². The molecule has 1 unspecified atom stereocenters. The molecule has 4 amide bonds. The third-order valence-corrected chi connectivity index (χ3v) is 8.32. The van der Waals surface area contributed by atoms with Crippen molar-refractivity contribution < 1.29 is 45.3 Å². The van der Waals surface area contributed by atoms with Crippen molar-refractivity contribution in [2.45, 2.75) is 24.9 Å². The number of nitrogens with zero attached hydrogens (tertiary/aromatic N) is 3. The molecule has 4 rings (SSSR count). The maximum atomic E-state index is 15.2. The number of urea groups is 1. The lowest BCUT2D eigenvalue weighted by Crippen LogP contribution is -2.26. The van der Waals surface area contributed by atoms with Crippen LogP contribution in [-0.2, 0) is 25.4 Å². The van der Waals surface area contributed by atoms with Crippen molar-refractivity contribution >= 4 is 56.6 Å². The maximum Gasteiger partial charge on any atom is 0.442 e. The molecular weight excluding hydrogens is 703 g/mol. The highest BCUT2D eigenvalue weighted by atomic mass is 32.2. The van der Waals surface area contributed by atoms with Crippen LogP contribution in [0.3, 0.4) is 0 Å². The molecule has 1 aromatic heterocycles. The van der Waals surface area contributed by atoms with Crippen LogP contribution in [0.4, 0.5) is 60.4 Å². The molecule has 270 valence electrons. The molecule has 3 aromatic carbocycles. The van der Waals surface area contributed by atoms with E-state index in [1.54, 1.807) is 19.1 Å². The van der Waals surface area contributed by atoms with Crippen LogP contribution >= 0.6 is 0 Å². The average molecular weight is 735 g/mol. The summed E-state index contributed by atoms with van der Waals surface area (Å²) in [5.74, 6) is -2.10. The van der Waals surface area contributed by atoms with E-state index in [-0.39, 0.29) is 53.5 Å². The molecule has 0 bridgehead atoms. The van der Waals surface area contributed by atoms with Crippen LogP contribution in [0.25, 0.3) is 11.1 Å². The molecule has 0 radical (unpaired) electrons. The van der Waals surface area contributed by atoms with Gasteiger partial charge in [-0.1, -0.05) is 12.1 Å². The summed E-state index contributed by atoms with van der Waals surface area (Å²) >= 11 is 0. The molecule has 0 aliphatic rings. The van der Waals surface area contributed by atoms with Crippen LogP contribution in [0.15, 0.2) is 76.1 Å². The Kier molecular flexibility index (Phi) is 12.1. The number of hydrogen-bond acceptors (Lipinski definition) is 9. The predicted molar refractivity (Wildman–Crippen MR) is 180 cm³/mol. The highest BCUT2D eigenvalue weighted by molar-refractivity contribution is 7.93. The van der Waals surface area contributed by atoms with E-state index in [9.17, 15) is 36.2 Å². The first kappa shape index (κ1) is 38.0. The number of rotatable bonds is 11. The zero-order valence-corrected chi connectivity index (χ0v) is 28.0. The zero-order valence-electron chi connectivity index (χ0n) is 27.2. The van der Waals surface area contributed by atoms with E-state index < -0.39 is 50.9 Å². The summed E-state index contributed by atoms with van der Waals surface area (Å²) in [6.07, 6.45) is -3.10. The maximum absolute atomic E-state index is 15.2. The molecule has 5 N–H and O–H groups in total. The van der Waals surface area contributed by atoms with E-state index in [1.807, 2.05) is 5.32 Å². The number of alkyl halides is 3. The third kappa shape index (κ3) is 10.6. The number of halogens is 5. The average Bonchev–Trinajstić information content (AvgIpc) is 3.04. The van der Waals surface area contributed by atoms with Crippen molar-refractivity contribution in [1.29, 1.82) is 0 Å². The van der Waals surface area contributed by atoms with Crippen LogP contribution in [0.2, 0.25) is 0 Å². The summed E-state index contributed by atoms with van der Waals surface area (Å²) < 4.78 is 89.9. The van der Waals surface area contributed by atoms with Gasteiger partial charge in [0.2, 0.25) is 11.9 Å². The van der Waals surface area contributed by atoms with Gasteiger partial charge in [0.05, 0.1) is 33.3 Å². The molecule has 51 heavy (non-hydrogen) atoms. The standard InChI is InChI=1S/C32H31F5N8O5S/c1-4-50-31(48)45-51(3,49)22-7-5-6-21(16-22)41-29-40-17-23(28(44-29)39-13-12-38-18(2)46)19-8-11-26(25(34)14-19)42-30(47)43-27-15-20(32(35,36)37)9-10-24(27)33/h5-11,14-17H,4,12-13H2,1-3H3,(H,38,46)(H2,42,43,47)(H2,39,40,41,44). The smallest absolute Gasteiger partial charge is 0.442 e. The molecule has 0 aliphatic carbocycles. The Labute approximate surface area is 288 Å². The number of aromatic nitrogens is 2. The Balaban J connectivity index is 1.57. The Morgan fingerprint density at radius 2 is 1.69 bits per heavy atom. The van der Waals surface area contributed by atoms with E-state index in [4.69, 9.17) is 4.74 Å². The van der Waals surface area contributed by atoms with Gasteiger partial charge in [0.15, 0.2) is 0 Å². The number of ether oxygens (including phenoxy) is 1. The number of amides is 4. The summed E-state index contributed by atoms with van der Waals surface area (Å²) in [5.41, 5.74) is -1.40. The minimum atomic E-state index is -4.78. The number of carbonyl (C=O) groups is 3. The molecule has 1 atom stereocenters. The SMILES string of the molecule is CCOC(=O)N=S(C)(=O)c1cccc(Nc2ncc(-c3ccc(NC(=O)Nc4cc(C(F)(F)F)ccc4F)c(F)c3)c(NCCNC(C)=O)n2)c1. The topological polar surface area (TPSA) is 176 Å². The normalized spacial score (nSPS) is 12.2. The predicted octanol–water partition coefficient (Wildman–Crippen LogP) is 6.99.